The molecule has 0 radical (unpaired) electrons. The molecule has 0 bridgehead atoms. The normalized spacial score (nSPS) is 19.3. The molecule has 5 N–H and O–H groups in total. The summed E-state index contributed by atoms with van der Waals surface area (Å²) in [5.41, 5.74) is 8.95. The maximum atomic E-state index is 8.67. The summed E-state index contributed by atoms with van der Waals surface area (Å²) in [6.07, 6.45) is 5.95. The monoisotopic (exact) mass is 428 g/mol. The smallest absolute Gasteiger partial charge is 0.162 e. The Kier molecular flexibility index (Phi) is 7.22. The van der Waals surface area contributed by atoms with Gasteiger partial charge in [0.2, 0.25) is 0 Å². The fourth-order valence-electron chi connectivity index (χ4n) is 3.37. The van der Waals surface area contributed by atoms with Gasteiger partial charge >= 0.3 is 0 Å². The highest BCUT2D eigenvalue weighted by Crippen LogP contribution is 2.23. The molecule has 1 aliphatic heterocycles. The van der Waals surface area contributed by atoms with Crippen LogP contribution in [0.25, 0.3) is 0 Å². The number of hydrogen-bond acceptors (Lipinski definition) is 9. The van der Waals surface area contributed by atoms with Crippen molar-refractivity contribution in [3.63, 3.8) is 0 Å². The van der Waals surface area contributed by atoms with Gasteiger partial charge in [0.25, 0.3) is 0 Å². The third kappa shape index (κ3) is 5.25. The number of ether oxygens (including phenoxy) is 1. The highest BCUT2D eigenvalue weighted by atomic mass is 32.2. The lowest BCUT2D eigenvalue weighted by molar-refractivity contribution is 0.155. The molecule has 10 heteroatoms. The van der Waals surface area contributed by atoms with Crippen molar-refractivity contribution in [2.45, 2.75) is 32.4 Å². The van der Waals surface area contributed by atoms with Gasteiger partial charge in [0.1, 0.15) is 17.9 Å². The van der Waals surface area contributed by atoms with Crippen molar-refractivity contribution in [2.75, 3.05) is 31.1 Å². The minimum Gasteiger partial charge on any atom is -0.491 e. The lowest BCUT2D eigenvalue weighted by atomic mass is 9.93. The minimum atomic E-state index is -0.267. The zero-order valence-electron chi connectivity index (χ0n) is 17.3. The maximum Gasteiger partial charge on any atom is 0.162 e. The van der Waals surface area contributed by atoms with Gasteiger partial charge in [-0.25, -0.2) is 9.97 Å². The minimum absolute atomic E-state index is 0.0560. The molecule has 1 fully saturated rings. The van der Waals surface area contributed by atoms with Crippen LogP contribution in [0.3, 0.4) is 0 Å². The van der Waals surface area contributed by atoms with Crippen LogP contribution < -0.4 is 10.6 Å². The Morgan fingerprint density at radius 3 is 2.67 bits per heavy atom. The van der Waals surface area contributed by atoms with Crippen LogP contribution in [0.5, 0.6) is 0 Å². The number of nitrogens with zero attached hydrogens (tertiary/aromatic N) is 4. The fourth-order valence-corrected chi connectivity index (χ4v) is 3.82. The summed E-state index contributed by atoms with van der Waals surface area (Å²) >= 11 is 1.11. The van der Waals surface area contributed by atoms with Crippen molar-refractivity contribution in [3.8, 4) is 0 Å². The lowest BCUT2D eigenvalue weighted by Crippen LogP contribution is -2.48. The fraction of sp³-hybridized carbons (Fsp3) is 0.450. The first-order chi connectivity index (χ1) is 14.4. The predicted octanol–water partition coefficient (Wildman–Crippen LogP) is 2.21. The molecule has 1 saturated heterocycles. The number of piperazine rings is 1. The molecule has 9 nitrogen and oxygen atoms in total. The molecular formula is C20H28N8OS. The van der Waals surface area contributed by atoms with Crippen LogP contribution in [0.1, 0.15) is 26.0 Å². The summed E-state index contributed by atoms with van der Waals surface area (Å²) in [7, 11) is 0. The SMILES string of the molecule is CC(C)OC1=CCC(N)C(C(=N)c2cc(N3CCN(C(=N)SC=N)CC3)ncn2)=C1. The second-order valence-corrected chi connectivity index (χ2v) is 8.22. The molecule has 2 aliphatic rings. The van der Waals surface area contributed by atoms with Gasteiger partial charge in [-0.2, -0.15) is 0 Å². The van der Waals surface area contributed by atoms with E-state index in [-0.39, 0.29) is 17.9 Å². The Hall–Kier alpha value is -2.72. The van der Waals surface area contributed by atoms with E-state index in [4.69, 9.17) is 26.7 Å². The van der Waals surface area contributed by atoms with Crippen LogP contribution in [0.15, 0.2) is 35.9 Å². The van der Waals surface area contributed by atoms with Crippen molar-refractivity contribution in [1.82, 2.24) is 14.9 Å². The number of thioether (sulfide) groups is 1. The van der Waals surface area contributed by atoms with Crippen molar-refractivity contribution in [3.05, 3.63) is 41.6 Å². The average molecular weight is 429 g/mol. The van der Waals surface area contributed by atoms with Crippen molar-refractivity contribution >= 4 is 34.0 Å². The highest BCUT2D eigenvalue weighted by Gasteiger charge is 2.24. The number of hydrogen-bond donors (Lipinski definition) is 4. The molecule has 2 heterocycles. The van der Waals surface area contributed by atoms with Gasteiger partial charge in [0, 0.05) is 38.3 Å². The lowest BCUT2D eigenvalue weighted by Gasteiger charge is -2.36. The van der Waals surface area contributed by atoms with Crippen LogP contribution in [0.4, 0.5) is 5.82 Å². The Labute approximate surface area is 180 Å². The Morgan fingerprint density at radius 1 is 1.27 bits per heavy atom. The number of anilines is 1. The van der Waals surface area contributed by atoms with Crippen molar-refractivity contribution in [2.24, 2.45) is 5.73 Å². The van der Waals surface area contributed by atoms with Crippen molar-refractivity contribution in [1.29, 1.82) is 16.2 Å². The molecule has 1 aromatic rings. The van der Waals surface area contributed by atoms with E-state index in [0.717, 1.165) is 23.3 Å². The van der Waals surface area contributed by atoms with Gasteiger partial charge in [-0.15, -0.1) is 0 Å². The topological polar surface area (TPSA) is 139 Å². The number of amidine groups is 1. The summed E-state index contributed by atoms with van der Waals surface area (Å²) in [6, 6.07) is 1.56. The number of nitrogens with two attached hydrogens (primary N) is 1. The molecule has 3 rings (SSSR count). The number of rotatable bonds is 6. The molecule has 0 aromatic carbocycles. The van der Waals surface area contributed by atoms with E-state index >= 15 is 0 Å². The first kappa shape index (κ1) is 22.0. The zero-order valence-corrected chi connectivity index (χ0v) is 18.1. The van der Waals surface area contributed by atoms with E-state index in [0.29, 0.717) is 49.0 Å². The second-order valence-electron chi connectivity index (χ2n) is 7.37. The Balaban J connectivity index is 1.72. The molecule has 1 aliphatic carbocycles. The maximum absolute atomic E-state index is 8.67. The summed E-state index contributed by atoms with van der Waals surface area (Å²) in [5.74, 6) is 1.50. The molecule has 1 atom stereocenters. The highest BCUT2D eigenvalue weighted by molar-refractivity contribution is 8.24. The largest absolute Gasteiger partial charge is 0.491 e. The van der Waals surface area contributed by atoms with E-state index in [1.807, 2.05) is 37.0 Å². The van der Waals surface area contributed by atoms with E-state index in [1.165, 1.54) is 11.9 Å². The number of nitrogens with one attached hydrogen (secondary N) is 3. The third-order valence-electron chi connectivity index (χ3n) is 4.90. The molecule has 0 saturated carbocycles. The van der Waals surface area contributed by atoms with Crippen LogP contribution >= 0.6 is 11.8 Å². The quantitative estimate of drug-likeness (QED) is 0.402. The zero-order chi connectivity index (χ0) is 21.7. The van der Waals surface area contributed by atoms with Crippen LogP contribution in [0, 0.1) is 16.2 Å². The van der Waals surface area contributed by atoms with Gasteiger partial charge in [0.15, 0.2) is 5.17 Å². The summed E-state index contributed by atoms with van der Waals surface area (Å²) in [4.78, 5) is 12.8. The first-order valence-corrected chi connectivity index (χ1v) is 10.8. The van der Waals surface area contributed by atoms with Crippen LogP contribution in [0.2, 0.25) is 0 Å². The van der Waals surface area contributed by atoms with Gasteiger partial charge in [-0.1, -0.05) is 0 Å². The molecule has 1 aromatic heterocycles. The molecular weight excluding hydrogens is 400 g/mol. The van der Waals surface area contributed by atoms with Crippen LogP contribution in [-0.4, -0.2) is 69.6 Å². The number of aromatic nitrogens is 2. The van der Waals surface area contributed by atoms with E-state index < -0.39 is 0 Å². The average Bonchev–Trinajstić information content (AvgIpc) is 2.74. The molecule has 160 valence electrons. The molecule has 0 spiro atoms. The summed E-state index contributed by atoms with van der Waals surface area (Å²) in [6.45, 7) is 6.73. The molecule has 1 unspecified atom stereocenters. The second kappa shape index (κ2) is 9.86. The Morgan fingerprint density at radius 2 is 2.00 bits per heavy atom. The summed E-state index contributed by atoms with van der Waals surface area (Å²) in [5, 5.41) is 24.2. The summed E-state index contributed by atoms with van der Waals surface area (Å²) < 4.78 is 5.78. The Bertz CT molecular complexity index is 873. The third-order valence-corrected chi connectivity index (χ3v) is 5.50. The number of allylic oxidation sites excluding steroid dienone is 1. The first-order valence-electron chi connectivity index (χ1n) is 9.88. The van der Waals surface area contributed by atoms with Gasteiger partial charge in [0.05, 0.1) is 23.1 Å². The predicted molar refractivity (Wildman–Crippen MR) is 122 cm³/mol. The van der Waals surface area contributed by atoms with Crippen molar-refractivity contribution < 1.29 is 4.74 Å². The van der Waals surface area contributed by atoms with Gasteiger partial charge < -0.3 is 25.7 Å². The van der Waals surface area contributed by atoms with E-state index in [2.05, 4.69) is 14.9 Å². The van der Waals surface area contributed by atoms with Gasteiger partial charge in [-0.3, -0.25) is 10.8 Å². The standard InChI is InChI=1S/C20H28N8OS/c1-13(2)29-14-3-4-16(22)15(9-14)19(23)17-10-18(26-12-25-17)27-5-7-28(8-6-27)20(24)30-11-21/h3,9-13,16,21,23-24H,4-8,22H2,1-2H3. The molecule has 30 heavy (non-hydrogen) atoms. The van der Waals surface area contributed by atoms with Crippen LogP contribution in [-0.2, 0) is 4.74 Å². The molecule has 0 amide bonds. The van der Waals surface area contributed by atoms with Gasteiger partial charge in [-0.05, 0) is 49.8 Å². The van der Waals surface area contributed by atoms with E-state index in [1.54, 1.807) is 0 Å². The van der Waals surface area contributed by atoms with E-state index in [9.17, 15) is 0 Å².